The quantitative estimate of drug-likeness (QED) is 0.548. The van der Waals surface area contributed by atoms with Crippen LogP contribution >= 0.6 is 0 Å². The number of β-amino-alcohol motifs (C(OH)–C–C–N with tert-alkyl or cyclic N) is 1. The minimum Gasteiger partial charge on any atom is -0.395 e. The van der Waals surface area contributed by atoms with Gasteiger partial charge in [0.05, 0.1) is 6.61 Å². The highest BCUT2D eigenvalue weighted by Gasteiger charge is 2.32. The van der Waals surface area contributed by atoms with E-state index in [1.807, 2.05) is 6.92 Å². The van der Waals surface area contributed by atoms with Crippen LogP contribution in [0.1, 0.15) is 74.4 Å². The van der Waals surface area contributed by atoms with Crippen molar-refractivity contribution in [2.75, 3.05) is 44.6 Å². The first-order valence-electron chi connectivity index (χ1n) is 12.8. The van der Waals surface area contributed by atoms with Crippen molar-refractivity contribution in [2.24, 2.45) is 5.41 Å². The van der Waals surface area contributed by atoms with Gasteiger partial charge in [0, 0.05) is 61.4 Å². The molecule has 0 unspecified atom stereocenters. The van der Waals surface area contributed by atoms with E-state index < -0.39 is 0 Å². The third-order valence-electron chi connectivity index (χ3n) is 7.79. The molecule has 2 heterocycles. The van der Waals surface area contributed by atoms with E-state index in [4.69, 9.17) is 0 Å². The van der Waals surface area contributed by atoms with Gasteiger partial charge in [-0.15, -0.1) is 0 Å². The molecule has 35 heavy (non-hydrogen) atoms. The third-order valence-corrected chi connectivity index (χ3v) is 7.79. The molecule has 1 amide bonds. The summed E-state index contributed by atoms with van der Waals surface area (Å²) in [4.78, 5) is 25.0. The number of aromatic nitrogens is 2. The molecule has 2 aromatic rings. The van der Waals surface area contributed by atoms with E-state index in [2.05, 4.69) is 77.1 Å². The summed E-state index contributed by atoms with van der Waals surface area (Å²) in [5.41, 5.74) is 5.54. The highest BCUT2D eigenvalue weighted by Crippen LogP contribution is 2.41. The summed E-state index contributed by atoms with van der Waals surface area (Å²) in [5, 5.41) is 12.4. The number of nitrogens with zero attached hydrogens (tertiary/aromatic N) is 3. The number of aliphatic hydroxyl groups excluding tert-OH is 1. The predicted octanol–water partition coefficient (Wildman–Crippen LogP) is 4.41. The first kappa shape index (κ1) is 25.6. The lowest BCUT2D eigenvalue weighted by atomic mass is 9.76. The summed E-state index contributed by atoms with van der Waals surface area (Å²) in [6.07, 6.45) is 7.19. The lowest BCUT2D eigenvalue weighted by molar-refractivity contribution is 0.0439. The molecule has 1 aromatic carbocycles. The molecule has 4 rings (SSSR count). The fourth-order valence-corrected chi connectivity index (χ4v) is 5.18. The molecule has 0 radical (unpaired) electrons. The van der Waals surface area contributed by atoms with Crippen LogP contribution in [0, 0.1) is 12.3 Å². The largest absolute Gasteiger partial charge is 0.395 e. The van der Waals surface area contributed by atoms with Crippen LogP contribution in [-0.2, 0) is 5.54 Å². The Kier molecular flexibility index (Phi) is 7.50. The second kappa shape index (κ2) is 10.2. The minimum absolute atomic E-state index is 0.144. The molecule has 7 heteroatoms. The molecular weight excluding hydrogens is 438 g/mol. The van der Waals surface area contributed by atoms with Gasteiger partial charge in [-0.1, -0.05) is 26.0 Å². The van der Waals surface area contributed by atoms with Crippen molar-refractivity contribution < 1.29 is 9.90 Å². The SMILES string of the molecule is Cc1cnc(C(=O)Nc2ccc(C(C)(C)N3CCN(CCO)CC3)cc2C2=CCC(C)(C)CC2)[nH]1. The van der Waals surface area contributed by atoms with Gasteiger partial charge in [0.1, 0.15) is 0 Å². The molecular formula is C28H41N5O2. The van der Waals surface area contributed by atoms with Crippen molar-refractivity contribution in [1.82, 2.24) is 19.8 Å². The summed E-state index contributed by atoms with van der Waals surface area (Å²) >= 11 is 0. The van der Waals surface area contributed by atoms with Crippen molar-refractivity contribution in [3.05, 3.63) is 53.1 Å². The first-order valence-corrected chi connectivity index (χ1v) is 12.8. The second-order valence-corrected chi connectivity index (χ2v) is 11.3. The van der Waals surface area contributed by atoms with Crippen molar-refractivity contribution in [3.8, 4) is 0 Å². The summed E-state index contributed by atoms with van der Waals surface area (Å²) in [6.45, 7) is 15.9. The fraction of sp³-hybridized carbons (Fsp3) is 0.571. The number of carbonyl (C=O) groups is 1. The van der Waals surface area contributed by atoms with Crippen LogP contribution in [-0.4, -0.2) is 70.1 Å². The number of hydrogen-bond acceptors (Lipinski definition) is 5. The average molecular weight is 480 g/mol. The molecule has 0 saturated carbocycles. The number of allylic oxidation sites excluding steroid dienone is 2. The molecule has 1 saturated heterocycles. The smallest absolute Gasteiger partial charge is 0.291 e. The Balaban J connectivity index is 1.63. The van der Waals surface area contributed by atoms with Gasteiger partial charge in [0.15, 0.2) is 5.82 Å². The third kappa shape index (κ3) is 5.85. The molecule has 1 fully saturated rings. The number of rotatable bonds is 7. The number of hydrogen-bond donors (Lipinski definition) is 3. The molecule has 3 N–H and O–H groups in total. The molecule has 1 aliphatic heterocycles. The Hall–Kier alpha value is -2.48. The number of anilines is 1. The van der Waals surface area contributed by atoms with E-state index in [1.54, 1.807) is 6.20 Å². The zero-order valence-electron chi connectivity index (χ0n) is 21.9. The van der Waals surface area contributed by atoms with E-state index in [1.165, 1.54) is 11.1 Å². The number of aliphatic hydroxyl groups is 1. The second-order valence-electron chi connectivity index (χ2n) is 11.3. The summed E-state index contributed by atoms with van der Waals surface area (Å²) < 4.78 is 0. The Bertz CT molecular complexity index is 1080. The van der Waals surface area contributed by atoms with Crippen molar-refractivity contribution in [3.63, 3.8) is 0 Å². The molecule has 1 aromatic heterocycles. The van der Waals surface area contributed by atoms with Crippen LogP contribution in [0.4, 0.5) is 5.69 Å². The highest BCUT2D eigenvalue weighted by molar-refractivity contribution is 6.03. The lowest BCUT2D eigenvalue weighted by Crippen LogP contribution is -2.53. The monoisotopic (exact) mass is 479 g/mol. The summed E-state index contributed by atoms with van der Waals surface area (Å²) in [6, 6.07) is 6.50. The van der Waals surface area contributed by atoms with Crippen molar-refractivity contribution >= 4 is 17.2 Å². The van der Waals surface area contributed by atoms with Gasteiger partial charge in [-0.2, -0.15) is 0 Å². The number of piperazine rings is 1. The standard InChI is InChI=1S/C28H41N5O2/c1-20-19-29-25(30-20)26(35)31-24-7-6-22(18-23(24)21-8-10-27(2,3)11-9-21)28(4,5)33-14-12-32(13-15-33)16-17-34/h6-8,18-19,34H,9-17H2,1-5H3,(H,29,30)(H,31,35). The van der Waals surface area contributed by atoms with Crippen LogP contribution in [0.3, 0.4) is 0 Å². The number of nitrogens with one attached hydrogen (secondary N) is 2. The highest BCUT2D eigenvalue weighted by atomic mass is 16.3. The van der Waals surface area contributed by atoms with Crippen LogP contribution in [0.5, 0.6) is 0 Å². The van der Waals surface area contributed by atoms with Crippen LogP contribution in [0.15, 0.2) is 30.5 Å². The molecule has 1 aliphatic carbocycles. The number of H-pyrrole nitrogens is 1. The van der Waals surface area contributed by atoms with Gasteiger partial charge in [0.25, 0.3) is 5.91 Å². The van der Waals surface area contributed by atoms with E-state index in [0.29, 0.717) is 11.2 Å². The van der Waals surface area contributed by atoms with E-state index in [0.717, 1.165) is 68.9 Å². The Morgan fingerprint density at radius 3 is 2.57 bits per heavy atom. The maximum absolute atomic E-state index is 12.9. The van der Waals surface area contributed by atoms with Gasteiger partial charge in [-0.25, -0.2) is 4.98 Å². The molecule has 0 spiro atoms. The number of amides is 1. The van der Waals surface area contributed by atoms with E-state index in [-0.39, 0.29) is 18.1 Å². The number of carbonyl (C=O) groups excluding carboxylic acids is 1. The van der Waals surface area contributed by atoms with Gasteiger partial charge in [0.2, 0.25) is 0 Å². The number of imidazole rings is 1. The van der Waals surface area contributed by atoms with Gasteiger partial charge in [-0.05, 0) is 68.7 Å². The van der Waals surface area contributed by atoms with Crippen molar-refractivity contribution in [2.45, 2.75) is 59.4 Å². The van der Waals surface area contributed by atoms with Crippen molar-refractivity contribution in [1.29, 1.82) is 0 Å². The zero-order chi connectivity index (χ0) is 25.2. The van der Waals surface area contributed by atoms with E-state index in [9.17, 15) is 9.90 Å². The number of aryl methyl sites for hydroxylation is 1. The number of benzene rings is 1. The maximum Gasteiger partial charge on any atom is 0.291 e. The summed E-state index contributed by atoms with van der Waals surface area (Å²) in [5.74, 6) is 0.112. The molecule has 0 atom stereocenters. The first-order chi connectivity index (χ1) is 16.6. The molecule has 2 aliphatic rings. The minimum atomic E-state index is -0.219. The topological polar surface area (TPSA) is 84.5 Å². The Morgan fingerprint density at radius 2 is 1.97 bits per heavy atom. The lowest BCUT2D eigenvalue weighted by Gasteiger charge is -2.44. The molecule has 190 valence electrons. The van der Waals surface area contributed by atoms with Gasteiger partial charge in [-0.3, -0.25) is 14.6 Å². The Morgan fingerprint density at radius 1 is 1.23 bits per heavy atom. The maximum atomic E-state index is 12.9. The average Bonchev–Trinajstić information content (AvgIpc) is 3.26. The van der Waals surface area contributed by atoms with Crippen LogP contribution in [0.2, 0.25) is 0 Å². The van der Waals surface area contributed by atoms with Crippen LogP contribution in [0.25, 0.3) is 5.57 Å². The molecule has 7 nitrogen and oxygen atoms in total. The number of aromatic amines is 1. The predicted molar refractivity (Wildman–Crippen MR) is 141 cm³/mol. The van der Waals surface area contributed by atoms with Gasteiger partial charge >= 0.3 is 0 Å². The fourth-order valence-electron chi connectivity index (χ4n) is 5.18. The van der Waals surface area contributed by atoms with Gasteiger partial charge < -0.3 is 15.4 Å². The zero-order valence-corrected chi connectivity index (χ0v) is 21.9. The summed E-state index contributed by atoms with van der Waals surface area (Å²) in [7, 11) is 0. The normalized spacial score (nSPS) is 19.4. The Labute approximate surface area is 209 Å². The molecule has 0 bridgehead atoms. The van der Waals surface area contributed by atoms with Crippen LogP contribution < -0.4 is 5.32 Å². The van der Waals surface area contributed by atoms with E-state index >= 15 is 0 Å².